The number of ether oxygens (including phenoxy) is 1. The van der Waals surface area contributed by atoms with Crippen molar-refractivity contribution in [2.24, 2.45) is 0 Å². The highest BCUT2D eigenvalue weighted by Gasteiger charge is 2.36. The molecule has 2 aliphatic carbocycles. The highest BCUT2D eigenvalue weighted by atomic mass is 16.6. The molecule has 1 heterocycles. The smallest absolute Gasteiger partial charge is 0.346 e. The third-order valence-electron chi connectivity index (χ3n) is 3.11. The standard InChI is InChI=1S/C12H10O3/c13-11-8-5-1-3-7-4-2-6-9(10(7)8)12(14)15-11/h5-6H,1-4H2. The molecule has 0 spiro atoms. The molecule has 3 heteroatoms. The van der Waals surface area contributed by atoms with E-state index in [1.54, 1.807) is 0 Å². The second-order valence-corrected chi connectivity index (χ2v) is 3.97. The van der Waals surface area contributed by atoms with Crippen LogP contribution in [0.25, 0.3) is 0 Å². The summed E-state index contributed by atoms with van der Waals surface area (Å²) in [5.74, 6) is -0.961. The Bertz CT molecular complexity index is 423. The van der Waals surface area contributed by atoms with E-state index in [1.165, 1.54) is 5.57 Å². The number of carbonyl (C=O) groups excluding carboxylic acids is 2. The highest BCUT2D eigenvalue weighted by Crippen LogP contribution is 2.40. The first-order chi connectivity index (χ1) is 7.27. The number of esters is 2. The predicted octanol–water partition coefficient (Wildman–Crippen LogP) is 1.81. The Morgan fingerprint density at radius 1 is 0.933 bits per heavy atom. The van der Waals surface area contributed by atoms with Crippen LogP contribution in [0.4, 0.5) is 0 Å². The van der Waals surface area contributed by atoms with Gasteiger partial charge in [-0.15, -0.1) is 0 Å². The van der Waals surface area contributed by atoms with Gasteiger partial charge in [0.1, 0.15) is 0 Å². The van der Waals surface area contributed by atoms with Gasteiger partial charge in [-0.05, 0) is 25.7 Å². The molecule has 0 aromatic rings. The largest absolute Gasteiger partial charge is 0.386 e. The van der Waals surface area contributed by atoms with Crippen molar-refractivity contribution in [3.05, 3.63) is 34.4 Å². The second kappa shape index (κ2) is 2.92. The number of cyclic esters (lactones) is 2. The van der Waals surface area contributed by atoms with Gasteiger partial charge in [0.05, 0.1) is 11.1 Å². The van der Waals surface area contributed by atoms with Crippen molar-refractivity contribution in [3.8, 4) is 0 Å². The number of hydrogen-bond acceptors (Lipinski definition) is 3. The van der Waals surface area contributed by atoms with E-state index in [0.29, 0.717) is 11.1 Å². The molecule has 15 heavy (non-hydrogen) atoms. The van der Waals surface area contributed by atoms with E-state index in [0.717, 1.165) is 31.3 Å². The molecule has 0 radical (unpaired) electrons. The summed E-state index contributed by atoms with van der Waals surface area (Å²) in [6.07, 6.45) is 7.46. The van der Waals surface area contributed by atoms with Gasteiger partial charge in [-0.1, -0.05) is 17.7 Å². The summed E-state index contributed by atoms with van der Waals surface area (Å²) in [6, 6.07) is 0. The summed E-state index contributed by atoms with van der Waals surface area (Å²) in [7, 11) is 0. The summed E-state index contributed by atoms with van der Waals surface area (Å²) in [5.41, 5.74) is 3.31. The monoisotopic (exact) mass is 202 g/mol. The number of rotatable bonds is 0. The highest BCUT2D eigenvalue weighted by molar-refractivity contribution is 6.14. The maximum atomic E-state index is 11.5. The van der Waals surface area contributed by atoms with Crippen LogP contribution in [0, 0.1) is 0 Å². The molecule has 0 aromatic heterocycles. The van der Waals surface area contributed by atoms with Gasteiger partial charge in [0, 0.05) is 5.57 Å². The summed E-state index contributed by atoms with van der Waals surface area (Å²) in [6.45, 7) is 0. The SMILES string of the molecule is O=C1OC(=O)C2=CCCC3=C2C1=CCC3. The molecule has 76 valence electrons. The van der Waals surface area contributed by atoms with E-state index in [2.05, 4.69) is 0 Å². The fourth-order valence-electron chi connectivity index (χ4n) is 2.45. The zero-order valence-corrected chi connectivity index (χ0v) is 8.21. The van der Waals surface area contributed by atoms with Crippen LogP contribution in [-0.4, -0.2) is 11.9 Å². The van der Waals surface area contributed by atoms with Crippen LogP contribution in [0.3, 0.4) is 0 Å². The second-order valence-electron chi connectivity index (χ2n) is 3.97. The minimum Gasteiger partial charge on any atom is -0.386 e. The molecule has 0 unspecified atom stereocenters. The van der Waals surface area contributed by atoms with Crippen molar-refractivity contribution in [2.75, 3.05) is 0 Å². The van der Waals surface area contributed by atoms with Crippen LogP contribution < -0.4 is 0 Å². The van der Waals surface area contributed by atoms with Crippen molar-refractivity contribution in [3.63, 3.8) is 0 Å². The lowest BCUT2D eigenvalue weighted by Crippen LogP contribution is -2.29. The fourth-order valence-corrected chi connectivity index (χ4v) is 2.45. The maximum absolute atomic E-state index is 11.5. The van der Waals surface area contributed by atoms with Crippen molar-refractivity contribution >= 4 is 11.9 Å². The van der Waals surface area contributed by atoms with Crippen LogP contribution in [0.5, 0.6) is 0 Å². The molecule has 0 bridgehead atoms. The molecule has 0 saturated carbocycles. The Morgan fingerprint density at radius 3 is 2.00 bits per heavy atom. The van der Waals surface area contributed by atoms with Gasteiger partial charge < -0.3 is 4.74 Å². The van der Waals surface area contributed by atoms with E-state index in [9.17, 15) is 9.59 Å². The molecule has 3 nitrogen and oxygen atoms in total. The van der Waals surface area contributed by atoms with E-state index >= 15 is 0 Å². The first-order valence-corrected chi connectivity index (χ1v) is 5.17. The summed E-state index contributed by atoms with van der Waals surface area (Å²) in [5, 5.41) is 0. The van der Waals surface area contributed by atoms with Gasteiger partial charge >= 0.3 is 11.9 Å². The molecule has 1 fully saturated rings. The van der Waals surface area contributed by atoms with E-state index in [4.69, 9.17) is 4.74 Å². The maximum Gasteiger partial charge on any atom is 0.346 e. The van der Waals surface area contributed by atoms with E-state index in [1.807, 2.05) is 12.2 Å². The molecule has 0 aromatic carbocycles. The Kier molecular flexibility index (Phi) is 1.69. The first-order valence-electron chi connectivity index (χ1n) is 5.17. The molecule has 0 atom stereocenters. The van der Waals surface area contributed by atoms with Crippen LogP contribution in [0.1, 0.15) is 25.7 Å². The average Bonchev–Trinajstić information content (AvgIpc) is 2.25. The van der Waals surface area contributed by atoms with E-state index in [-0.39, 0.29) is 0 Å². The molecular weight excluding hydrogens is 192 g/mol. The van der Waals surface area contributed by atoms with Gasteiger partial charge in [0.15, 0.2) is 0 Å². The summed E-state index contributed by atoms with van der Waals surface area (Å²) in [4.78, 5) is 23.0. The predicted molar refractivity (Wildman–Crippen MR) is 52.8 cm³/mol. The Morgan fingerprint density at radius 2 is 1.47 bits per heavy atom. The van der Waals surface area contributed by atoms with Crippen molar-refractivity contribution in [1.29, 1.82) is 0 Å². The lowest BCUT2D eigenvalue weighted by molar-refractivity contribution is -0.154. The molecule has 0 amide bonds. The first kappa shape index (κ1) is 8.65. The third-order valence-corrected chi connectivity index (χ3v) is 3.11. The third kappa shape index (κ3) is 1.12. The number of hydrogen-bond donors (Lipinski definition) is 0. The molecule has 1 aliphatic heterocycles. The minimum absolute atomic E-state index is 0.480. The molecular formula is C12H10O3. The van der Waals surface area contributed by atoms with Crippen LogP contribution in [-0.2, 0) is 14.3 Å². The van der Waals surface area contributed by atoms with Crippen LogP contribution in [0.2, 0.25) is 0 Å². The summed E-state index contributed by atoms with van der Waals surface area (Å²) < 4.78 is 4.69. The topological polar surface area (TPSA) is 43.4 Å². The molecule has 0 N–H and O–H groups in total. The zero-order chi connectivity index (χ0) is 10.4. The van der Waals surface area contributed by atoms with Crippen molar-refractivity contribution < 1.29 is 14.3 Å². The Balaban J connectivity index is 2.21. The quantitative estimate of drug-likeness (QED) is 0.444. The molecule has 3 aliphatic rings. The van der Waals surface area contributed by atoms with Crippen molar-refractivity contribution in [2.45, 2.75) is 25.7 Å². The molecule has 3 rings (SSSR count). The van der Waals surface area contributed by atoms with Gasteiger partial charge in [-0.3, -0.25) is 0 Å². The van der Waals surface area contributed by atoms with Gasteiger partial charge in [0.2, 0.25) is 0 Å². The zero-order valence-electron chi connectivity index (χ0n) is 8.21. The number of allylic oxidation sites excluding steroid dienone is 3. The lowest BCUT2D eigenvalue weighted by atomic mass is 9.79. The average molecular weight is 202 g/mol. The fraction of sp³-hybridized carbons (Fsp3) is 0.333. The minimum atomic E-state index is -0.480. The van der Waals surface area contributed by atoms with Gasteiger partial charge in [0.25, 0.3) is 0 Å². The van der Waals surface area contributed by atoms with Crippen LogP contribution >= 0.6 is 0 Å². The van der Waals surface area contributed by atoms with Crippen molar-refractivity contribution in [1.82, 2.24) is 0 Å². The van der Waals surface area contributed by atoms with E-state index < -0.39 is 11.9 Å². The lowest BCUT2D eigenvalue weighted by Gasteiger charge is -2.28. The normalized spacial score (nSPS) is 24.3. The van der Waals surface area contributed by atoms with Gasteiger partial charge in [-0.2, -0.15) is 0 Å². The van der Waals surface area contributed by atoms with Gasteiger partial charge in [-0.25, -0.2) is 9.59 Å². The Hall–Kier alpha value is -1.64. The van der Waals surface area contributed by atoms with Crippen LogP contribution in [0.15, 0.2) is 34.4 Å². The molecule has 1 saturated heterocycles. The number of carbonyl (C=O) groups is 2. The summed E-state index contributed by atoms with van der Waals surface area (Å²) >= 11 is 0. The Labute approximate surface area is 87.1 Å².